The number of carbonyl (C=O) groups is 1. The van der Waals surface area contributed by atoms with Gasteiger partial charge in [0.2, 0.25) is 6.23 Å². The van der Waals surface area contributed by atoms with Gasteiger partial charge in [-0.2, -0.15) is 0 Å². The van der Waals surface area contributed by atoms with Crippen LogP contribution in [0.4, 0.5) is 5.82 Å². The summed E-state index contributed by atoms with van der Waals surface area (Å²) >= 11 is 0. The molecule has 0 fully saturated rings. The summed E-state index contributed by atoms with van der Waals surface area (Å²) < 4.78 is 7.21. The fraction of sp³-hybridized carbons (Fsp3) is 0.167. The largest absolute Gasteiger partial charge is 0.467 e. The van der Waals surface area contributed by atoms with Gasteiger partial charge in [-0.3, -0.25) is 4.79 Å². The minimum Gasteiger partial charge on any atom is -0.467 e. The van der Waals surface area contributed by atoms with Crippen molar-refractivity contribution in [3.8, 4) is 11.3 Å². The Labute approximate surface area is 144 Å². The first kappa shape index (κ1) is 15.2. The molecule has 1 amide bonds. The van der Waals surface area contributed by atoms with Crippen molar-refractivity contribution in [2.45, 2.75) is 13.2 Å². The second kappa shape index (κ2) is 5.94. The molecule has 4 rings (SSSR count). The lowest BCUT2D eigenvalue weighted by Crippen LogP contribution is -2.37. The third-order valence-corrected chi connectivity index (χ3v) is 4.06. The maximum atomic E-state index is 12.2. The van der Waals surface area contributed by atoms with E-state index in [9.17, 15) is 4.79 Å². The molecule has 1 atom stereocenters. The van der Waals surface area contributed by atoms with Gasteiger partial charge in [-0.1, -0.05) is 12.1 Å². The zero-order chi connectivity index (χ0) is 17.4. The van der Waals surface area contributed by atoms with Crippen LogP contribution in [0.1, 0.15) is 6.92 Å². The predicted molar refractivity (Wildman–Crippen MR) is 94.3 cm³/mol. The van der Waals surface area contributed by atoms with Crippen molar-refractivity contribution >= 4 is 22.5 Å². The smallest absolute Gasteiger partial charge is 0.287 e. The first-order valence-corrected chi connectivity index (χ1v) is 7.86. The minimum absolute atomic E-state index is 0.289. The van der Waals surface area contributed by atoms with E-state index < -0.39 is 6.23 Å². The van der Waals surface area contributed by atoms with Crippen LogP contribution >= 0.6 is 0 Å². The van der Waals surface area contributed by atoms with E-state index in [0.29, 0.717) is 5.82 Å². The molecule has 0 aliphatic carbocycles. The Morgan fingerprint density at radius 3 is 2.88 bits per heavy atom. The molecule has 2 N–H and O–H groups in total. The summed E-state index contributed by atoms with van der Waals surface area (Å²) in [5, 5.41) is 7.69. The maximum absolute atomic E-state index is 12.2. The molecule has 3 aromatic rings. The number of nitrogens with one attached hydrogen (secondary N) is 2. The fourth-order valence-electron chi connectivity index (χ4n) is 2.77. The van der Waals surface area contributed by atoms with Crippen LogP contribution in [-0.2, 0) is 16.6 Å². The molecule has 2 aromatic heterocycles. The Bertz CT molecular complexity index is 992. The number of benzene rings is 1. The van der Waals surface area contributed by atoms with Crippen molar-refractivity contribution in [1.82, 2.24) is 19.9 Å². The van der Waals surface area contributed by atoms with Crippen LogP contribution in [0.5, 0.6) is 0 Å². The van der Waals surface area contributed by atoms with Crippen molar-refractivity contribution in [2.24, 2.45) is 7.05 Å². The Balaban J connectivity index is 1.60. The molecule has 1 aliphatic rings. The Morgan fingerprint density at radius 1 is 1.28 bits per heavy atom. The molecule has 1 aliphatic heterocycles. The highest BCUT2D eigenvalue weighted by molar-refractivity contribution is 5.96. The van der Waals surface area contributed by atoms with Gasteiger partial charge in [0, 0.05) is 29.9 Å². The Kier molecular flexibility index (Phi) is 3.61. The third-order valence-electron chi connectivity index (χ3n) is 4.06. The summed E-state index contributed by atoms with van der Waals surface area (Å²) in [5.41, 5.74) is 2.89. The summed E-state index contributed by atoms with van der Waals surface area (Å²) in [6.07, 6.45) is 6.13. The lowest BCUT2D eigenvalue weighted by molar-refractivity contribution is -0.124. The van der Waals surface area contributed by atoms with Gasteiger partial charge in [0.15, 0.2) is 0 Å². The number of carbonyl (C=O) groups excluding carboxylic acids is 1. The molecule has 0 radical (unpaired) electrons. The zero-order valence-corrected chi connectivity index (χ0v) is 13.9. The van der Waals surface area contributed by atoms with Gasteiger partial charge in [-0.15, -0.1) is 0 Å². The third kappa shape index (κ3) is 2.91. The number of ether oxygens (including phenoxy) is 1. The van der Waals surface area contributed by atoms with Gasteiger partial charge in [-0.05, 0) is 24.4 Å². The highest BCUT2D eigenvalue weighted by Crippen LogP contribution is 2.25. The number of hydrogen-bond donors (Lipinski definition) is 2. The Morgan fingerprint density at radius 2 is 2.16 bits per heavy atom. The summed E-state index contributed by atoms with van der Waals surface area (Å²) in [7, 11) is 1.95. The van der Waals surface area contributed by atoms with Gasteiger partial charge in [0.25, 0.3) is 5.91 Å². The van der Waals surface area contributed by atoms with Gasteiger partial charge in [-0.25, -0.2) is 9.97 Å². The molecule has 126 valence electrons. The SMILES string of the molecule is CC1=COC(C(=O)Nc2cc3cc(-c4cncn4C)ccc3cn2)N1. The number of aromatic nitrogens is 3. The van der Waals surface area contributed by atoms with Crippen molar-refractivity contribution in [3.05, 3.63) is 54.9 Å². The van der Waals surface area contributed by atoms with Crippen LogP contribution in [0.2, 0.25) is 0 Å². The summed E-state index contributed by atoms with van der Waals surface area (Å²) in [6.45, 7) is 1.83. The molecule has 1 aromatic carbocycles. The molecule has 0 saturated heterocycles. The quantitative estimate of drug-likeness (QED) is 0.768. The van der Waals surface area contributed by atoms with E-state index in [0.717, 1.165) is 27.7 Å². The molecule has 1 unspecified atom stereocenters. The second-order valence-electron chi connectivity index (χ2n) is 5.97. The number of fused-ring (bicyclic) bond motifs is 1. The molecule has 0 saturated carbocycles. The number of nitrogens with zero attached hydrogens (tertiary/aromatic N) is 3. The number of pyridine rings is 1. The lowest BCUT2D eigenvalue weighted by Gasteiger charge is -2.12. The number of hydrogen-bond acceptors (Lipinski definition) is 5. The maximum Gasteiger partial charge on any atom is 0.287 e. The molecule has 25 heavy (non-hydrogen) atoms. The molecule has 0 bridgehead atoms. The minimum atomic E-state index is -0.724. The fourth-order valence-corrected chi connectivity index (χ4v) is 2.77. The number of anilines is 1. The van der Waals surface area contributed by atoms with Crippen LogP contribution < -0.4 is 10.6 Å². The molecular weight excluding hydrogens is 318 g/mol. The number of aryl methyl sites for hydroxylation is 1. The van der Waals surface area contributed by atoms with E-state index in [1.165, 1.54) is 6.26 Å². The molecule has 7 heteroatoms. The van der Waals surface area contributed by atoms with Crippen molar-refractivity contribution in [2.75, 3.05) is 5.32 Å². The number of rotatable bonds is 3. The first-order valence-electron chi connectivity index (χ1n) is 7.86. The van der Waals surface area contributed by atoms with E-state index >= 15 is 0 Å². The van der Waals surface area contributed by atoms with Gasteiger partial charge >= 0.3 is 0 Å². The highest BCUT2D eigenvalue weighted by Gasteiger charge is 2.23. The zero-order valence-electron chi connectivity index (χ0n) is 13.9. The summed E-state index contributed by atoms with van der Waals surface area (Å²) in [6, 6.07) is 7.94. The number of amides is 1. The highest BCUT2D eigenvalue weighted by atomic mass is 16.5. The average molecular weight is 335 g/mol. The van der Waals surface area contributed by atoms with Gasteiger partial charge in [0.1, 0.15) is 12.1 Å². The number of allylic oxidation sites excluding steroid dienone is 1. The standard InChI is InChI=1S/C18H17N5O2/c1-11-9-25-18(21-11)17(24)22-16-6-14-5-12(3-4-13(14)7-20-16)15-8-19-10-23(15)2/h3-10,18,21H,1-2H3,(H,20,22,24). The van der Waals surface area contributed by atoms with Crippen LogP contribution in [0, 0.1) is 0 Å². The van der Waals surface area contributed by atoms with E-state index in [2.05, 4.69) is 26.7 Å². The molecule has 3 heterocycles. The summed E-state index contributed by atoms with van der Waals surface area (Å²) in [4.78, 5) is 20.7. The average Bonchev–Trinajstić information content (AvgIpc) is 3.22. The van der Waals surface area contributed by atoms with Gasteiger partial charge < -0.3 is 19.9 Å². The van der Waals surface area contributed by atoms with E-state index in [1.54, 1.807) is 12.5 Å². The molecule has 7 nitrogen and oxygen atoms in total. The van der Waals surface area contributed by atoms with Crippen LogP contribution in [0.15, 0.2) is 54.9 Å². The summed E-state index contributed by atoms with van der Waals surface area (Å²) in [5.74, 6) is 0.192. The van der Waals surface area contributed by atoms with Crippen LogP contribution in [0.25, 0.3) is 22.0 Å². The van der Waals surface area contributed by atoms with Crippen LogP contribution in [-0.4, -0.2) is 26.7 Å². The normalized spacial score (nSPS) is 16.2. The van der Waals surface area contributed by atoms with Gasteiger partial charge in [0.05, 0.1) is 18.2 Å². The van der Waals surface area contributed by atoms with Crippen molar-refractivity contribution in [1.29, 1.82) is 0 Å². The monoisotopic (exact) mass is 335 g/mol. The first-order chi connectivity index (χ1) is 12.1. The predicted octanol–water partition coefficient (Wildman–Crippen LogP) is 2.38. The van der Waals surface area contributed by atoms with E-state index in [4.69, 9.17) is 4.74 Å². The molecular formula is C18H17N5O2. The Hall–Kier alpha value is -3.35. The second-order valence-corrected chi connectivity index (χ2v) is 5.97. The van der Waals surface area contributed by atoms with E-state index in [-0.39, 0.29) is 5.91 Å². The van der Waals surface area contributed by atoms with Crippen molar-refractivity contribution < 1.29 is 9.53 Å². The van der Waals surface area contributed by atoms with E-state index in [1.807, 2.05) is 42.9 Å². The topological polar surface area (TPSA) is 81.1 Å². The van der Waals surface area contributed by atoms with Crippen LogP contribution in [0.3, 0.4) is 0 Å². The number of imidazole rings is 1. The molecule has 0 spiro atoms. The lowest BCUT2D eigenvalue weighted by atomic mass is 10.1. The van der Waals surface area contributed by atoms with Crippen molar-refractivity contribution in [3.63, 3.8) is 0 Å².